The van der Waals surface area contributed by atoms with E-state index in [-0.39, 0.29) is 46.0 Å². The SMILES string of the molecule is C=[N+](C)c1cccc(CN)n1.CN(C)c1cccc(CNC(=O)N2CCC3(CC2)CC(=O)c2cc(F)cc(F)c2C3)n1.O=C1CC2(CCNCC2)Cc2c(F)cc(F)cc21. The minimum absolute atomic E-state index is 0.114. The highest BCUT2D eigenvalue weighted by atomic mass is 19.1. The van der Waals surface area contributed by atoms with Gasteiger partial charge in [-0.25, -0.2) is 31.9 Å². The van der Waals surface area contributed by atoms with E-state index in [9.17, 15) is 31.9 Å². The van der Waals surface area contributed by atoms with Crippen molar-refractivity contribution < 1.29 is 36.5 Å². The summed E-state index contributed by atoms with van der Waals surface area (Å²) in [5.41, 5.74) is 7.71. The number of pyridine rings is 2. The van der Waals surface area contributed by atoms with E-state index >= 15 is 0 Å². The molecule has 2 aliphatic heterocycles. The molecule has 4 heterocycles. The standard InChI is InChI=1S/C23H26F2N4O2.C14H15F2NO.C8H12N3/c1-28(2)21-5-3-4-16(27-21)14-26-22(31)29-8-6-23(7-9-29)12-18-17(20(30)13-23)10-15(24)11-19(18)25;15-9-5-10-11(12(16)6-9)7-14(8-13(10)18)1-3-17-4-2-14;1-11(2)8-5-3-4-7(6-9)10-8/h3-5,10-11H,6-9,12-14H2,1-2H3,(H,26,31);5-6,17H,1-4,7-8H2;3-5H,1,6,9H2,2H3/q;;+1. The number of halogens is 4. The molecule has 4 N–H and O–H groups in total. The highest BCUT2D eigenvalue weighted by Crippen LogP contribution is 2.45. The summed E-state index contributed by atoms with van der Waals surface area (Å²) in [6.45, 7) is 7.22. The Morgan fingerprint density at radius 3 is 1.88 bits per heavy atom. The van der Waals surface area contributed by atoms with Gasteiger partial charge in [0.25, 0.3) is 0 Å². The fourth-order valence-corrected chi connectivity index (χ4v) is 8.54. The minimum Gasteiger partial charge on any atom is -0.363 e. The quantitative estimate of drug-likeness (QED) is 0.118. The number of nitrogens with two attached hydrogens (primary N) is 1. The van der Waals surface area contributed by atoms with Crippen molar-refractivity contribution in [3.05, 3.63) is 118 Å². The Morgan fingerprint density at radius 2 is 1.35 bits per heavy atom. The molecule has 2 amide bonds. The van der Waals surface area contributed by atoms with Gasteiger partial charge in [-0.15, -0.1) is 0 Å². The van der Waals surface area contributed by atoms with Gasteiger partial charge >= 0.3 is 11.8 Å². The number of hydrogen-bond acceptors (Lipinski definition) is 8. The number of benzene rings is 2. The van der Waals surface area contributed by atoms with E-state index in [1.165, 1.54) is 6.07 Å². The molecule has 0 bridgehead atoms. The average molecular weight is 830 g/mol. The highest BCUT2D eigenvalue weighted by molar-refractivity contribution is 5.99. The maximum Gasteiger partial charge on any atom is 0.322 e. The van der Waals surface area contributed by atoms with Crippen LogP contribution in [0.2, 0.25) is 0 Å². The molecule has 2 spiro atoms. The van der Waals surface area contributed by atoms with Crippen molar-refractivity contribution in [1.29, 1.82) is 0 Å². The zero-order valence-corrected chi connectivity index (χ0v) is 34.4. The molecule has 2 fully saturated rings. The predicted octanol–water partition coefficient (Wildman–Crippen LogP) is 6.52. The molecule has 2 aromatic heterocycles. The lowest BCUT2D eigenvalue weighted by Crippen LogP contribution is -2.49. The molecule has 0 saturated carbocycles. The van der Waals surface area contributed by atoms with Crippen molar-refractivity contribution in [3.63, 3.8) is 0 Å². The Labute approximate surface area is 348 Å². The Hall–Kier alpha value is -5.54. The second-order valence-electron chi connectivity index (χ2n) is 16.5. The number of piperidine rings is 2. The van der Waals surface area contributed by atoms with E-state index < -0.39 is 23.3 Å². The summed E-state index contributed by atoms with van der Waals surface area (Å²) in [4.78, 5) is 49.7. The maximum atomic E-state index is 14.3. The number of amides is 2. The van der Waals surface area contributed by atoms with Crippen LogP contribution in [0.4, 0.5) is 34.0 Å². The average Bonchev–Trinajstić information content (AvgIpc) is 3.22. The summed E-state index contributed by atoms with van der Waals surface area (Å²) in [7, 11) is 5.67. The fourth-order valence-electron chi connectivity index (χ4n) is 8.54. The van der Waals surface area contributed by atoms with E-state index in [1.807, 2.05) is 62.4 Å². The lowest BCUT2D eigenvalue weighted by molar-refractivity contribution is -0.399. The summed E-state index contributed by atoms with van der Waals surface area (Å²) >= 11 is 0. The zero-order valence-electron chi connectivity index (χ0n) is 34.4. The smallest absolute Gasteiger partial charge is 0.322 e. The van der Waals surface area contributed by atoms with Crippen molar-refractivity contribution >= 4 is 36.0 Å². The maximum absolute atomic E-state index is 14.3. The number of carbonyl (C=O) groups is 3. The molecule has 2 aliphatic carbocycles. The van der Waals surface area contributed by atoms with Crippen molar-refractivity contribution in [3.8, 4) is 0 Å². The summed E-state index contributed by atoms with van der Waals surface area (Å²) in [6, 6.07) is 15.2. The van der Waals surface area contributed by atoms with Crippen molar-refractivity contribution in [2.24, 2.45) is 16.6 Å². The molecule has 2 saturated heterocycles. The molecule has 318 valence electrons. The first kappa shape index (κ1) is 44.0. The van der Waals surface area contributed by atoms with E-state index in [2.05, 4.69) is 27.3 Å². The number of aromatic nitrogens is 2. The van der Waals surface area contributed by atoms with E-state index in [4.69, 9.17) is 5.73 Å². The van der Waals surface area contributed by atoms with Gasteiger partial charge in [0, 0.05) is 69.4 Å². The van der Waals surface area contributed by atoms with Gasteiger partial charge in [0.15, 0.2) is 17.3 Å². The van der Waals surface area contributed by atoms with Crippen LogP contribution in [0.5, 0.6) is 0 Å². The number of Topliss-reactive ketones (excluding diaryl/α,β-unsaturated/α-hetero) is 2. The van der Waals surface area contributed by atoms with Gasteiger partial charge < -0.3 is 26.2 Å². The third kappa shape index (κ3) is 10.4. The van der Waals surface area contributed by atoms with Crippen LogP contribution in [0.3, 0.4) is 0 Å². The van der Waals surface area contributed by atoms with Crippen LogP contribution in [0.15, 0.2) is 60.7 Å². The first-order valence-electron chi connectivity index (χ1n) is 20.2. The first-order chi connectivity index (χ1) is 28.6. The number of carbonyl (C=O) groups excluding carboxylic acids is 3. The van der Waals surface area contributed by atoms with E-state index in [1.54, 1.807) is 9.48 Å². The van der Waals surface area contributed by atoms with Gasteiger partial charge in [0.2, 0.25) is 0 Å². The van der Waals surface area contributed by atoms with Crippen LogP contribution in [0.25, 0.3) is 0 Å². The normalized spacial score (nSPS) is 17.4. The molecular weight excluding hydrogens is 777 g/mol. The fraction of sp³-hybridized carbons (Fsp3) is 0.422. The Kier molecular flexibility index (Phi) is 13.8. The summed E-state index contributed by atoms with van der Waals surface area (Å²) in [5, 5.41) is 6.16. The number of fused-ring (bicyclic) bond motifs is 2. The Bertz CT molecular complexity index is 2250. The number of ketones is 2. The van der Waals surface area contributed by atoms with E-state index in [0.717, 1.165) is 67.2 Å². The number of anilines is 1. The molecule has 8 rings (SSSR count). The zero-order chi connectivity index (χ0) is 43.2. The number of nitrogens with zero attached hydrogens (tertiary/aromatic N) is 5. The number of urea groups is 1. The number of nitrogens with one attached hydrogen (secondary N) is 2. The third-order valence-corrected chi connectivity index (χ3v) is 11.9. The van der Waals surface area contributed by atoms with Crippen LogP contribution in [-0.4, -0.2) is 91.1 Å². The highest BCUT2D eigenvalue weighted by Gasteiger charge is 2.43. The lowest BCUT2D eigenvalue weighted by Gasteiger charge is -2.44. The number of hydrogen-bond donors (Lipinski definition) is 3. The molecule has 2 aromatic carbocycles. The molecule has 60 heavy (non-hydrogen) atoms. The lowest BCUT2D eigenvalue weighted by atomic mass is 9.66. The molecule has 11 nitrogen and oxygen atoms in total. The molecule has 0 radical (unpaired) electrons. The Morgan fingerprint density at radius 1 is 0.817 bits per heavy atom. The van der Waals surface area contributed by atoms with Crippen molar-refractivity contribution in [2.45, 2.75) is 64.5 Å². The van der Waals surface area contributed by atoms with Crippen LogP contribution >= 0.6 is 0 Å². The van der Waals surface area contributed by atoms with Crippen LogP contribution in [0, 0.1) is 34.1 Å². The van der Waals surface area contributed by atoms with Crippen LogP contribution in [-0.2, 0) is 25.9 Å². The second-order valence-corrected chi connectivity index (χ2v) is 16.5. The van der Waals surface area contributed by atoms with Gasteiger partial charge in [0.1, 0.15) is 29.1 Å². The summed E-state index contributed by atoms with van der Waals surface area (Å²) in [6.07, 6.45) is 4.63. The minimum atomic E-state index is -0.724. The number of likely N-dealkylation sites (tertiary alicyclic amines) is 1. The molecule has 15 heteroatoms. The second kappa shape index (κ2) is 18.8. The summed E-state index contributed by atoms with van der Waals surface area (Å²) in [5.74, 6) is -1.29. The first-order valence-corrected chi connectivity index (χ1v) is 20.2. The van der Waals surface area contributed by atoms with Crippen LogP contribution in [0.1, 0.15) is 81.8 Å². The van der Waals surface area contributed by atoms with Gasteiger partial charge in [-0.2, -0.15) is 0 Å². The largest absolute Gasteiger partial charge is 0.363 e. The molecular formula is C45H53F4N8O3+. The molecule has 4 aromatic rings. The molecule has 4 aliphatic rings. The monoisotopic (exact) mass is 829 g/mol. The van der Waals surface area contributed by atoms with Gasteiger partial charge in [0.05, 0.1) is 32.5 Å². The van der Waals surface area contributed by atoms with E-state index in [0.29, 0.717) is 69.4 Å². The van der Waals surface area contributed by atoms with Gasteiger partial charge in [-0.3, -0.25) is 9.59 Å². The molecule has 0 unspecified atom stereocenters. The van der Waals surface area contributed by atoms with Crippen molar-refractivity contribution in [1.82, 2.24) is 25.5 Å². The van der Waals surface area contributed by atoms with Crippen molar-refractivity contribution in [2.75, 3.05) is 52.2 Å². The van der Waals surface area contributed by atoms with Gasteiger partial charge in [-0.1, -0.05) is 6.07 Å². The number of rotatable bonds is 5. The third-order valence-electron chi connectivity index (χ3n) is 11.9. The summed E-state index contributed by atoms with van der Waals surface area (Å²) < 4.78 is 56.5. The predicted molar refractivity (Wildman–Crippen MR) is 222 cm³/mol. The van der Waals surface area contributed by atoms with Crippen LogP contribution < -0.4 is 21.3 Å². The van der Waals surface area contributed by atoms with Gasteiger partial charge in [-0.05, 0) is 115 Å². The Balaban J connectivity index is 0.000000174. The molecule has 0 atom stereocenters. The topological polar surface area (TPSA) is 137 Å².